The smallest absolute Gasteiger partial charge is 0.338 e. The number of carbonyl (C=O) groups excluding carboxylic acids is 2. The number of amides is 1. The lowest BCUT2D eigenvalue weighted by molar-refractivity contribution is -0.120. The van der Waals surface area contributed by atoms with Gasteiger partial charge < -0.3 is 10.1 Å². The second kappa shape index (κ2) is 3.58. The van der Waals surface area contributed by atoms with Gasteiger partial charge in [-0.15, -0.1) is 0 Å². The first kappa shape index (κ1) is 10.3. The normalized spacial score (nSPS) is 29.4. The number of nitrogens with one attached hydrogen (secondary N) is 1. The van der Waals surface area contributed by atoms with Crippen LogP contribution < -0.4 is 5.32 Å². The highest BCUT2D eigenvalue weighted by molar-refractivity contribution is 5.89. The van der Waals surface area contributed by atoms with Crippen LogP contribution in [-0.4, -0.2) is 25.0 Å². The van der Waals surface area contributed by atoms with E-state index in [2.05, 4.69) is 5.32 Å². The fraction of sp³-hybridized carbons (Fsp3) is 0.385. The van der Waals surface area contributed by atoms with Crippen molar-refractivity contribution in [1.29, 1.82) is 0 Å². The van der Waals surface area contributed by atoms with E-state index in [0.717, 1.165) is 6.42 Å². The molecule has 0 bridgehead atoms. The van der Waals surface area contributed by atoms with Crippen LogP contribution in [0.3, 0.4) is 0 Å². The Morgan fingerprint density at radius 3 is 2.76 bits per heavy atom. The number of esters is 1. The van der Waals surface area contributed by atoms with Crippen molar-refractivity contribution in [1.82, 2.24) is 5.32 Å². The summed E-state index contributed by atoms with van der Waals surface area (Å²) in [6.45, 7) is 0.975. The van der Waals surface area contributed by atoms with Crippen molar-refractivity contribution in [3.8, 4) is 0 Å². The molecule has 1 aliphatic heterocycles. The van der Waals surface area contributed by atoms with Crippen LogP contribution in [0.2, 0.25) is 0 Å². The van der Waals surface area contributed by atoms with Crippen LogP contribution in [0.4, 0.5) is 0 Å². The quantitative estimate of drug-likeness (QED) is 0.789. The van der Waals surface area contributed by atoms with Gasteiger partial charge in [0.15, 0.2) is 0 Å². The number of hydrogen-bond donors (Lipinski definition) is 1. The maximum absolute atomic E-state index is 11.7. The number of carbonyl (C=O) groups is 2. The molecule has 1 aromatic carbocycles. The van der Waals surface area contributed by atoms with Gasteiger partial charge in [0, 0.05) is 17.9 Å². The number of ether oxygens (including phenoxy) is 1. The Bertz CT molecular complexity index is 471. The maximum atomic E-state index is 11.7. The first-order valence-electron chi connectivity index (χ1n) is 5.71. The lowest BCUT2D eigenvalue weighted by Crippen LogP contribution is -2.24. The molecule has 2 atom stereocenters. The van der Waals surface area contributed by atoms with Gasteiger partial charge in [0.05, 0.1) is 12.2 Å². The average molecular weight is 231 g/mol. The van der Waals surface area contributed by atoms with E-state index in [1.165, 1.54) is 0 Å². The molecule has 2 fully saturated rings. The maximum Gasteiger partial charge on any atom is 0.338 e. The first-order valence-corrected chi connectivity index (χ1v) is 5.71. The fourth-order valence-electron chi connectivity index (χ4n) is 2.38. The Morgan fingerprint density at radius 1 is 1.41 bits per heavy atom. The molecule has 1 N–H and O–H groups in total. The summed E-state index contributed by atoms with van der Waals surface area (Å²) < 4.78 is 5.27. The van der Waals surface area contributed by atoms with E-state index >= 15 is 0 Å². The van der Waals surface area contributed by atoms with Crippen LogP contribution in [0.1, 0.15) is 16.8 Å². The van der Waals surface area contributed by atoms with Crippen molar-refractivity contribution < 1.29 is 14.3 Å². The monoisotopic (exact) mass is 231 g/mol. The Labute approximate surface area is 99.0 Å². The molecule has 17 heavy (non-hydrogen) atoms. The molecule has 1 saturated heterocycles. The number of benzene rings is 1. The Balaban J connectivity index is 1.60. The van der Waals surface area contributed by atoms with Crippen LogP contribution >= 0.6 is 0 Å². The fourth-order valence-corrected chi connectivity index (χ4v) is 2.38. The zero-order valence-electron chi connectivity index (χ0n) is 9.31. The predicted molar refractivity (Wildman–Crippen MR) is 60.3 cm³/mol. The molecular formula is C13H13NO3. The van der Waals surface area contributed by atoms with E-state index < -0.39 is 0 Å². The van der Waals surface area contributed by atoms with Gasteiger partial charge >= 0.3 is 5.97 Å². The van der Waals surface area contributed by atoms with Crippen LogP contribution in [0, 0.1) is 11.3 Å². The predicted octanol–water partition coefficient (Wildman–Crippen LogP) is 0.979. The van der Waals surface area contributed by atoms with Crippen LogP contribution in [0.5, 0.6) is 0 Å². The van der Waals surface area contributed by atoms with E-state index in [1.807, 2.05) is 6.07 Å². The minimum absolute atomic E-state index is 0.0612. The Kier molecular flexibility index (Phi) is 2.18. The summed E-state index contributed by atoms with van der Waals surface area (Å²) in [5.41, 5.74) is 0.444. The molecule has 1 amide bonds. The third kappa shape index (κ3) is 1.69. The van der Waals surface area contributed by atoms with Crippen molar-refractivity contribution in [3.05, 3.63) is 35.9 Å². The summed E-state index contributed by atoms with van der Waals surface area (Å²) >= 11 is 0. The number of fused-ring (bicyclic) bond motifs is 1. The molecule has 1 aromatic rings. The summed E-state index contributed by atoms with van der Waals surface area (Å²) in [4.78, 5) is 23.0. The van der Waals surface area contributed by atoms with E-state index in [4.69, 9.17) is 4.74 Å². The van der Waals surface area contributed by atoms with Gasteiger partial charge in [-0.2, -0.15) is 0 Å². The molecule has 1 saturated carbocycles. The number of rotatable bonds is 3. The van der Waals surface area contributed by atoms with Gasteiger partial charge in [-0.3, -0.25) is 4.79 Å². The van der Waals surface area contributed by atoms with Gasteiger partial charge in [0.1, 0.15) is 0 Å². The largest absolute Gasteiger partial charge is 0.461 e. The van der Waals surface area contributed by atoms with Gasteiger partial charge in [-0.25, -0.2) is 4.79 Å². The lowest BCUT2D eigenvalue weighted by atomic mass is 10.1. The minimum atomic E-state index is -0.315. The molecule has 0 spiro atoms. The molecule has 2 aliphatic rings. The molecule has 3 rings (SSSR count). The summed E-state index contributed by atoms with van der Waals surface area (Å²) in [5, 5.41) is 2.79. The SMILES string of the molecule is O=C(OC[C@@]12CNC(=O)[C@H]1C2)c1ccccc1. The van der Waals surface area contributed by atoms with Crippen LogP contribution in [0.25, 0.3) is 0 Å². The van der Waals surface area contributed by atoms with Crippen molar-refractivity contribution in [2.24, 2.45) is 11.3 Å². The highest BCUT2D eigenvalue weighted by Gasteiger charge is 2.63. The summed E-state index contributed by atoms with van der Waals surface area (Å²) in [5.74, 6) is -0.156. The second-order valence-corrected chi connectivity index (χ2v) is 4.78. The zero-order chi connectivity index (χ0) is 11.9. The Hall–Kier alpha value is -1.84. The van der Waals surface area contributed by atoms with Crippen LogP contribution in [-0.2, 0) is 9.53 Å². The molecule has 4 nitrogen and oxygen atoms in total. The second-order valence-electron chi connectivity index (χ2n) is 4.78. The first-order chi connectivity index (χ1) is 8.21. The topological polar surface area (TPSA) is 55.4 Å². The number of piperidine rings is 1. The number of hydrogen-bond acceptors (Lipinski definition) is 3. The minimum Gasteiger partial charge on any atom is -0.461 e. The highest BCUT2D eigenvalue weighted by atomic mass is 16.5. The van der Waals surface area contributed by atoms with Gasteiger partial charge in [-0.05, 0) is 18.6 Å². The highest BCUT2D eigenvalue weighted by Crippen LogP contribution is 2.55. The van der Waals surface area contributed by atoms with Crippen molar-refractivity contribution in [3.63, 3.8) is 0 Å². The van der Waals surface area contributed by atoms with E-state index in [0.29, 0.717) is 18.7 Å². The summed E-state index contributed by atoms with van der Waals surface area (Å²) in [7, 11) is 0. The van der Waals surface area contributed by atoms with Gasteiger partial charge in [-0.1, -0.05) is 18.2 Å². The third-order valence-electron chi connectivity index (χ3n) is 3.62. The molecular weight excluding hydrogens is 218 g/mol. The van der Waals surface area contributed by atoms with Gasteiger partial charge in [0.25, 0.3) is 0 Å². The van der Waals surface area contributed by atoms with E-state index in [1.54, 1.807) is 24.3 Å². The molecule has 88 valence electrons. The van der Waals surface area contributed by atoms with Crippen molar-refractivity contribution in [2.75, 3.05) is 13.2 Å². The summed E-state index contributed by atoms with van der Waals surface area (Å²) in [6.07, 6.45) is 0.848. The molecule has 0 radical (unpaired) electrons. The molecule has 0 aromatic heterocycles. The van der Waals surface area contributed by atoms with Crippen LogP contribution in [0.15, 0.2) is 30.3 Å². The van der Waals surface area contributed by atoms with E-state index in [-0.39, 0.29) is 23.2 Å². The van der Waals surface area contributed by atoms with Crippen molar-refractivity contribution in [2.45, 2.75) is 6.42 Å². The standard InChI is InChI=1S/C13H13NO3/c15-11-10-6-13(10,7-14-11)8-17-12(16)9-4-2-1-3-5-9/h1-5,10H,6-8H2,(H,14,15)/t10-,13-/m1/s1. The molecule has 1 aliphatic carbocycles. The molecule has 4 heteroatoms. The van der Waals surface area contributed by atoms with Gasteiger partial charge in [0.2, 0.25) is 5.91 Å². The van der Waals surface area contributed by atoms with E-state index in [9.17, 15) is 9.59 Å². The average Bonchev–Trinajstić information content (AvgIpc) is 3.02. The lowest BCUT2D eigenvalue weighted by Gasteiger charge is -2.11. The molecule has 1 heterocycles. The van der Waals surface area contributed by atoms with Crippen molar-refractivity contribution >= 4 is 11.9 Å². The summed E-state index contributed by atoms with van der Waals surface area (Å²) in [6, 6.07) is 8.90. The Morgan fingerprint density at radius 2 is 2.18 bits per heavy atom. The molecule has 0 unspecified atom stereocenters. The third-order valence-corrected chi connectivity index (χ3v) is 3.62. The zero-order valence-corrected chi connectivity index (χ0v) is 9.31.